The molecule has 20 heavy (non-hydrogen) atoms. The van der Waals surface area contributed by atoms with Gasteiger partial charge in [-0.05, 0) is 39.8 Å². The normalized spacial score (nSPS) is 19.9. The molecular weight excluding hydrogens is 261 g/mol. The van der Waals surface area contributed by atoms with E-state index < -0.39 is 24.3 Å². The van der Waals surface area contributed by atoms with Crippen LogP contribution in [-0.2, 0) is 14.0 Å². The lowest BCUT2D eigenvalue weighted by molar-refractivity contribution is 0.00578. The quantitative estimate of drug-likeness (QED) is 0.639. The van der Waals surface area contributed by atoms with Crippen molar-refractivity contribution in [3.63, 3.8) is 0 Å². The summed E-state index contributed by atoms with van der Waals surface area (Å²) in [4.78, 5) is 15.6. The highest BCUT2D eigenvalue weighted by atomic mass is 16.7. The first kappa shape index (κ1) is 14.8. The average molecular weight is 279 g/mol. The molecule has 0 spiro atoms. The van der Waals surface area contributed by atoms with Gasteiger partial charge in [0.1, 0.15) is 5.75 Å². The number of nitrogens with zero attached hydrogens (tertiary/aromatic N) is 1. The molecule has 1 fully saturated rings. The topological polar surface area (TPSA) is 77.9 Å². The van der Waals surface area contributed by atoms with Crippen molar-refractivity contribution < 1.29 is 23.9 Å². The molecule has 1 saturated heterocycles. The molecule has 2 heterocycles. The predicted octanol–water partition coefficient (Wildman–Crippen LogP) is 0.873. The van der Waals surface area contributed by atoms with Crippen LogP contribution in [0.5, 0.6) is 5.75 Å². The minimum absolute atomic E-state index is 0.153. The first-order valence-corrected chi connectivity index (χ1v) is 6.32. The van der Waals surface area contributed by atoms with Gasteiger partial charge in [0, 0.05) is 0 Å². The molecule has 0 unspecified atom stereocenters. The van der Waals surface area contributed by atoms with Crippen molar-refractivity contribution in [3.05, 3.63) is 17.8 Å². The summed E-state index contributed by atoms with van der Waals surface area (Å²) in [6.07, 6.45) is 0. The zero-order chi connectivity index (χ0) is 15.1. The molecule has 1 aromatic heterocycles. The van der Waals surface area contributed by atoms with Gasteiger partial charge in [-0.2, -0.15) is 0 Å². The van der Waals surface area contributed by atoms with Crippen molar-refractivity contribution >= 4 is 18.7 Å². The van der Waals surface area contributed by atoms with Crippen molar-refractivity contribution in [2.45, 2.75) is 38.9 Å². The largest absolute Gasteiger partial charge is 0.514 e. The molecule has 108 valence electrons. The summed E-state index contributed by atoms with van der Waals surface area (Å²) < 4.78 is 16.3. The summed E-state index contributed by atoms with van der Waals surface area (Å²) in [6, 6.07) is 2.93. The van der Waals surface area contributed by atoms with Crippen molar-refractivity contribution in [1.29, 1.82) is 0 Å². The van der Waals surface area contributed by atoms with Gasteiger partial charge in [-0.15, -0.1) is 0 Å². The average Bonchev–Trinajstić information content (AvgIpc) is 2.58. The first-order chi connectivity index (χ1) is 9.18. The first-order valence-electron chi connectivity index (χ1n) is 6.32. The van der Waals surface area contributed by atoms with Gasteiger partial charge in [0.05, 0.1) is 23.9 Å². The van der Waals surface area contributed by atoms with Gasteiger partial charge in [0.25, 0.3) is 0 Å². The van der Waals surface area contributed by atoms with E-state index in [9.17, 15) is 9.90 Å². The summed E-state index contributed by atoms with van der Waals surface area (Å²) in [7, 11) is 0.536. The molecule has 7 heteroatoms. The van der Waals surface area contributed by atoms with Crippen LogP contribution in [0.25, 0.3) is 0 Å². The lowest BCUT2D eigenvalue weighted by Gasteiger charge is -2.32. The Morgan fingerprint density at radius 3 is 2.30 bits per heavy atom. The standard InChI is InChI=1S/C13H18BNO5/c1-12(2)13(3,4)20-14(19-12)9-7-6-8(16)10(15-9)11(17)18-5/h6-7,16H,1-5H3. The second-order valence-corrected chi connectivity index (χ2v) is 5.68. The van der Waals surface area contributed by atoms with E-state index in [1.54, 1.807) is 6.07 Å². The molecule has 0 atom stereocenters. The highest BCUT2D eigenvalue weighted by molar-refractivity contribution is 6.61. The number of methoxy groups -OCH3 is 1. The monoisotopic (exact) mass is 279 g/mol. The van der Waals surface area contributed by atoms with E-state index in [0.29, 0.717) is 5.59 Å². The number of carbonyl (C=O) groups excluding carboxylic acids is 1. The third-order valence-electron chi connectivity index (χ3n) is 3.77. The van der Waals surface area contributed by atoms with E-state index in [1.807, 2.05) is 27.7 Å². The second kappa shape index (κ2) is 4.75. The smallest absolute Gasteiger partial charge is 0.505 e. The van der Waals surface area contributed by atoms with Gasteiger partial charge in [0.15, 0.2) is 5.69 Å². The maximum atomic E-state index is 11.5. The van der Waals surface area contributed by atoms with Crippen molar-refractivity contribution in [2.75, 3.05) is 7.11 Å². The highest BCUT2D eigenvalue weighted by Gasteiger charge is 2.52. The van der Waals surface area contributed by atoms with Crippen LogP contribution < -0.4 is 5.59 Å². The van der Waals surface area contributed by atoms with Gasteiger partial charge in [-0.25, -0.2) is 9.78 Å². The Labute approximate surface area is 118 Å². The van der Waals surface area contributed by atoms with E-state index in [-0.39, 0.29) is 11.4 Å². The summed E-state index contributed by atoms with van der Waals surface area (Å²) in [5.74, 6) is -0.946. The molecule has 1 aromatic rings. The summed E-state index contributed by atoms with van der Waals surface area (Å²) in [6.45, 7) is 7.70. The molecule has 0 aliphatic carbocycles. The third-order valence-corrected chi connectivity index (χ3v) is 3.77. The Morgan fingerprint density at radius 1 is 1.25 bits per heavy atom. The van der Waals surface area contributed by atoms with Crippen LogP contribution in [0, 0.1) is 0 Å². The molecule has 6 nitrogen and oxygen atoms in total. The second-order valence-electron chi connectivity index (χ2n) is 5.68. The lowest BCUT2D eigenvalue weighted by atomic mass is 9.84. The minimum Gasteiger partial charge on any atom is -0.505 e. The van der Waals surface area contributed by atoms with E-state index in [2.05, 4.69) is 9.72 Å². The number of pyridine rings is 1. The number of ether oxygens (including phenoxy) is 1. The van der Waals surface area contributed by atoms with Crippen LogP contribution in [0.1, 0.15) is 38.2 Å². The van der Waals surface area contributed by atoms with Crippen LogP contribution in [0.4, 0.5) is 0 Å². The molecule has 0 radical (unpaired) electrons. The molecule has 0 amide bonds. The fraction of sp³-hybridized carbons (Fsp3) is 0.538. The Balaban J connectivity index is 2.34. The molecule has 0 aromatic carbocycles. The number of hydrogen-bond acceptors (Lipinski definition) is 6. The van der Waals surface area contributed by atoms with Gasteiger partial charge in [-0.3, -0.25) is 0 Å². The molecule has 0 bridgehead atoms. The van der Waals surface area contributed by atoms with Gasteiger partial charge in [0.2, 0.25) is 0 Å². The van der Waals surface area contributed by atoms with Crippen LogP contribution in [0.15, 0.2) is 12.1 Å². The van der Waals surface area contributed by atoms with E-state index >= 15 is 0 Å². The Hall–Kier alpha value is -1.60. The number of rotatable bonds is 2. The summed E-state index contributed by atoms with van der Waals surface area (Å²) in [5.41, 5.74) is -0.729. The molecule has 2 rings (SSSR count). The lowest BCUT2D eigenvalue weighted by Crippen LogP contribution is -2.41. The molecule has 1 aliphatic rings. The van der Waals surface area contributed by atoms with Crippen LogP contribution in [0.3, 0.4) is 0 Å². The molecule has 1 N–H and O–H groups in total. The van der Waals surface area contributed by atoms with Crippen molar-refractivity contribution in [2.24, 2.45) is 0 Å². The van der Waals surface area contributed by atoms with Gasteiger partial charge >= 0.3 is 13.1 Å². The van der Waals surface area contributed by atoms with Gasteiger partial charge < -0.3 is 19.2 Å². The van der Waals surface area contributed by atoms with Crippen molar-refractivity contribution in [1.82, 2.24) is 4.98 Å². The van der Waals surface area contributed by atoms with E-state index in [4.69, 9.17) is 9.31 Å². The van der Waals surface area contributed by atoms with E-state index in [0.717, 1.165) is 0 Å². The number of hydrogen-bond donors (Lipinski definition) is 1. The fourth-order valence-electron chi connectivity index (χ4n) is 1.81. The zero-order valence-electron chi connectivity index (χ0n) is 12.3. The molecule has 1 aliphatic heterocycles. The SMILES string of the molecule is COC(=O)c1nc(B2OC(C)(C)C(C)(C)O2)ccc1O. The van der Waals surface area contributed by atoms with E-state index in [1.165, 1.54) is 13.2 Å². The number of aromatic nitrogens is 1. The maximum Gasteiger partial charge on any atom is 0.514 e. The molecule has 0 saturated carbocycles. The van der Waals surface area contributed by atoms with Crippen molar-refractivity contribution in [3.8, 4) is 5.75 Å². The predicted molar refractivity (Wildman–Crippen MR) is 73.0 cm³/mol. The summed E-state index contributed by atoms with van der Waals surface area (Å²) >= 11 is 0. The number of esters is 1. The molecular formula is C13H18BNO5. The van der Waals surface area contributed by atoms with Crippen LogP contribution in [0.2, 0.25) is 0 Å². The minimum atomic E-state index is -0.708. The Kier molecular flexibility index (Phi) is 3.52. The van der Waals surface area contributed by atoms with Gasteiger partial charge in [-0.1, -0.05) is 0 Å². The third kappa shape index (κ3) is 2.38. The maximum absolute atomic E-state index is 11.5. The Morgan fingerprint density at radius 2 is 1.80 bits per heavy atom. The zero-order valence-corrected chi connectivity index (χ0v) is 12.3. The Bertz CT molecular complexity index is 528. The number of carbonyl (C=O) groups is 1. The number of aromatic hydroxyl groups is 1. The highest BCUT2D eigenvalue weighted by Crippen LogP contribution is 2.36. The van der Waals surface area contributed by atoms with Crippen LogP contribution in [-0.4, -0.2) is 41.5 Å². The fourth-order valence-corrected chi connectivity index (χ4v) is 1.81. The summed E-state index contributed by atoms with van der Waals surface area (Å²) in [5, 5.41) is 9.64. The van der Waals surface area contributed by atoms with Crippen LogP contribution >= 0.6 is 0 Å².